The fraction of sp³-hybridized carbons (Fsp3) is 0.500. The van der Waals surface area contributed by atoms with Crippen molar-refractivity contribution in [3.05, 3.63) is 30.1 Å². The van der Waals surface area contributed by atoms with E-state index in [2.05, 4.69) is 10.3 Å². The number of hydrogen-bond donors (Lipinski definition) is 1. The molecule has 1 fully saturated rings. The Kier molecular flexibility index (Phi) is 4.13. The molecule has 0 aliphatic carbocycles. The van der Waals surface area contributed by atoms with Gasteiger partial charge in [-0.2, -0.15) is 0 Å². The van der Waals surface area contributed by atoms with E-state index in [1.807, 2.05) is 49.9 Å². The summed E-state index contributed by atoms with van der Waals surface area (Å²) < 4.78 is 7.59. The zero-order valence-corrected chi connectivity index (χ0v) is 13.2. The van der Waals surface area contributed by atoms with Crippen molar-refractivity contribution < 1.29 is 9.53 Å². The van der Waals surface area contributed by atoms with Crippen molar-refractivity contribution in [2.45, 2.75) is 25.6 Å². The fourth-order valence-electron chi connectivity index (χ4n) is 2.87. The zero-order chi connectivity index (χ0) is 15.7. The van der Waals surface area contributed by atoms with Gasteiger partial charge in [0.2, 0.25) is 5.91 Å². The van der Waals surface area contributed by atoms with Crippen molar-refractivity contribution in [2.24, 2.45) is 7.05 Å². The van der Waals surface area contributed by atoms with Gasteiger partial charge in [-0.25, -0.2) is 4.98 Å². The van der Waals surface area contributed by atoms with E-state index in [-0.39, 0.29) is 18.1 Å². The average Bonchev–Trinajstić information content (AvgIpc) is 2.84. The molecule has 1 aromatic carbocycles. The smallest absolute Gasteiger partial charge is 0.242 e. The van der Waals surface area contributed by atoms with Gasteiger partial charge in [0.15, 0.2) is 0 Å². The minimum atomic E-state index is -0.284. The number of imidazole rings is 1. The molecule has 6 nitrogen and oxygen atoms in total. The number of nitrogens with one attached hydrogen (secondary N) is 1. The Morgan fingerprint density at radius 3 is 3.00 bits per heavy atom. The predicted octanol–water partition coefficient (Wildman–Crippen LogP) is 0.909. The van der Waals surface area contributed by atoms with Gasteiger partial charge in [-0.15, -0.1) is 0 Å². The van der Waals surface area contributed by atoms with E-state index in [9.17, 15) is 4.79 Å². The standard InChI is InChI=1S/C16H22N4O2/c1-11-15(17-8-9-22-11)16(21)19(2)10-14-18-12-6-4-5-7-13(12)20(14)3/h4-7,11,15,17H,8-10H2,1-3H3/t11-,15+/m1/s1. The number of carbonyl (C=O) groups excluding carboxylic acids is 1. The van der Waals surface area contributed by atoms with Crippen molar-refractivity contribution in [2.75, 3.05) is 20.2 Å². The van der Waals surface area contributed by atoms with E-state index in [1.54, 1.807) is 4.90 Å². The van der Waals surface area contributed by atoms with E-state index in [0.717, 1.165) is 16.9 Å². The van der Waals surface area contributed by atoms with Crippen molar-refractivity contribution in [3.63, 3.8) is 0 Å². The highest BCUT2D eigenvalue weighted by molar-refractivity contribution is 5.82. The third-order valence-corrected chi connectivity index (χ3v) is 4.22. The Labute approximate surface area is 130 Å². The lowest BCUT2D eigenvalue weighted by atomic mass is 10.1. The molecule has 1 aliphatic rings. The summed E-state index contributed by atoms with van der Waals surface area (Å²) in [6.45, 7) is 3.77. The van der Waals surface area contributed by atoms with Gasteiger partial charge in [-0.1, -0.05) is 12.1 Å². The van der Waals surface area contributed by atoms with E-state index in [0.29, 0.717) is 19.7 Å². The Hall–Kier alpha value is -1.92. The van der Waals surface area contributed by atoms with Crippen LogP contribution in [-0.2, 0) is 23.1 Å². The number of likely N-dealkylation sites (N-methyl/N-ethyl adjacent to an activating group) is 1. The first-order chi connectivity index (χ1) is 10.6. The molecule has 3 rings (SSSR count). The van der Waals surface area contributed by atoms with Crippen LogP contribution in [0.2, 0.25) is 0 Å². The summed E-state index contributed by atoms with van der Waals surface area (Å²) in [5.74, 6) is 0.917. The van der Waals surface area contributed by atoms with E-state index in [4.69, 9.17) is 4.74 Å². The average molecular weight is 302 g/mol. The Morgan fingerprint density at radius 1 is 1.50 bits per heavy atom. The number of para-hydroxylation sites is 2. The number of morpholine rings is 1. The molecule has 1 N–H and O–H groups in total. The number of hydrogen-bond acceptors (Lipinski definition) is 4. The number of carbonyl (C=O) groups is 1. The molecule has 1 aromatic heterocycles. The highest BCUT2D eigenvalue weighted by Gasteiger charge is 2.30. The van der Waals surface area contributed by atoms with Crippen molar-refractivity contribution in [3.8, 4) is 0 Å². The molecular weight excluding hydrogens is 280 g/mol. The summed E-state index contributed by atoms with van der Waals surface area (Å²) in [5, 5.41) is 3.23. The SMILES string of the molecule is C[C@H]1OCCN[C@@H]1C(=O)N(C)Cc1nc2ccccc2n1C. The van der Waals surface area contributed by atoms with Gasteiger partial charge in [-0.3, -0.25) is 4.79 Å². The molecule has 2 aromatic rings. The lowest BCUT2D eigenvalue weighted by Gasteiger charge is -2.32. The third-order valence-electron chi connectivity index (χ3n) is 4.22. The summed E-state index contributed by atoms with van der Waals surface area (Å²) in [6.07, 6.45) is -0.107. The number of amides is 1. The number of rotatable bonds is 3. The molecule has 0 saturated carbocycles. The summed E-state index contributed by atoms with van der Waals surface area (Å²) >= 11 is 0. The highest BCUT2D eigenvalue weighted by atomic mass is 16.5. The molecule has 6 heteroatoms. The van der Waals surface area contributed by atoms with Crippen LogP contribution in [0, 0.1) is 0 Å². The van der Waals surface area contributed by atoms with E-state index >= 15 is 0 Å². The van der Waals surface area contributed by atoms with Crippen LogP contribution in [0.25, 0.3) is 11.0 Å². The molecule has 1 saturated heterocycles. The summed E-state index contributed by atoms with van der Waals surface area (Å²) in [6, 6.07) is 7.70. The fourth-order valence-corrected chi connectivity index (χ4v) is 2.87. The molecule has 1 amide bonds. The second kappa shape index (κ2) is 6.06. The van der Waals surface area contributed by atoms with Crippen LogP contribution in [0.1, 0.15) is 12.7 Å². The molecule has 1 aliphatic heterocycles. The lowest BCUT2D eigenvalue weighted by Crippen LogP contribution is -2.55. The van der Waals surface area contributed by atoms with Gasteiger partial charge in [-0.05, 0) is 19.1 Å². The maximum Gasteiger partial charge on any atom is 0.242 e. The quantitative estimate of drug-likeness (QED) is 0.915. The van der Waals surface area contributed by atoms with Gasteiger partial charge in [0, 0.05) is 20.6 Å². The van der Waals surface area contributed by atoms with Crippen molar-refractivity contribution in [1.82, 2.24) is 19.8 Å². The van der Waals surface area contributed by atoms with Crippen LogP contribution in [0.5, 0.6) is 0 Å². The van der Waals surface area contributed by atoms with Crippen molar-refractivity contribution >= 4 is 16.9 Å². The van der Waals surface area contributed by atoms with E-state index < -0.39 is 0 Å². The number of nitrogens with zero attached hydrogens (tertiary/aromatic N) is 3. The molecule has 22 heavy (non-hydrogen) atoms. The van der Waals surface area contributed by atoms with Gasteiger partial charge in [0.05, 0.1) is 30.3 Å². The molecule has 2 heterocycles. The summed E-state index contributed by atoms with van der Waals surface area (Å²) in [4.78, 5) is 18.9. The minimum Gasteiger partial charge on any atom is -0.375 e. The number of ether oxygens (including phenoxy) is 1. The first-order valence-corrected chi connectivity index (χ1v) is 7.58. The van der Waals surface area contributed by atoms with Crippen LogP contribution < -0.4 is 5.32 Å². The van der Waals surface area contributed by atoms with Crippen LogP contribution >= 0.6 is 0 Å². The maximum absolute atomic E-state index is 12.6. The maximum atomic E-state index is 12.6. The van der Waals surface area contributed by atoms with Crippen LogP contribution in [0.4, 0.5) is 0 Å². The van der Waals surface area contributed by atoms with Gasteiger partial charge < -0.3 is 19.5 Å². The summed E-state index contributed by atoms with van der Waals surface area (Å²) in [7, 11) is 3.79. The molecule has 2 atom stereocenters. The van der Waals surface area contributed by atoms with Gasteiger partial charge >= 0.3 is 0 Å². The molecule has 0 unspecified atom stereocenters. The van der Waals surface area contributed by atoms with Crippen LogP contribution in [-0.4, -0.2) is 52.7 Å². The number of benzene rings is 1. The first kappa shape index (κ1) is 15.0. The number of aryl methyl sites for hydroxylation is 1. The monoisotopic (exact) mass is 302 g/mol. The molecule has 0 radical (unpaired) electrons. The largest absolute Gasteiger partial charge is 0.375 e. The zero-order valence-electron chi connectivity index (χ0n) is 13.2. The minimum absolute atomic E-state index is 0.0410. The Morgan fingerprint density at radius 2 is 2.27 bits per heavy atom. The highest BCUT2D eigenvalue weighted by Crippen LogP contribution is 2.16. The molecule has 0 spiro atoms. The second-order valence-electron chi connectivity index (χ2n) is 5.78. The van der Waals surface area contributed by atoms with Crippen molar-refractivity contribution in [1.29, 1.82) is 0 Å². The van der Waals surface area contributed by atoms with Gasteiger partial charge in [0.1, 0.15) is 11.9 Å². The predicted molar refractivity (Wildman–Crippen MR) is 84.4 cm³/mol. The first-order valence-electron chi connectivity index (χ1n) is 7.58. The molecule has 0 bridgehead atoms. The molecular formula is C16H22N4O2. The number of fused-ring (bicyclic) bond motifs is 1. The van der Waals surface area contributed by atoms with Gasteiger partial charge in [0.25, 0.3) is 0 Å². The lowest BCUT2D eigenvalue weighted by molar-refractivity contribution is -0.138. The topological polar surface area (TPSA) is 59.4 Å². The van der Waals surface area contributed by atoms with Crippen LogP contribution in [0.15, 0.2) is 24.3 Å². The summed E-state index contributed by atoms with van der Waals surface area (Å²) in [5.41, 5.74) is 2.03. The van der Waals surface area contributed by atoms with Crippen LogP contribution in [0.3, 0.4) is 0 Å². The number of aromatic nitrogens is 2. The second-order valence-corrected chi connectivity index (χ2v) is 5.78. The normalized spacial score (nSPS) is 22.0. The third kappa shape index (κ3) is 2.71. The molecule has 118 valence electrons. The Bertz CT molecular complexity index is 682. The Balaban J connectivity index is 1.76. The van der Waals surface area contributed by atoms with E-state index in [1.165, 1.54) is 0 Å².